The van der Waals surface area contributed by atoms with E-state index in [0.717, 1.165) is 29.3 Å². The van der Waals surface area contributed by atoms with Crippen LogP contribution in [0.2, 0.25) is 0 Å². The van der Waals surface area contributed by atoms with Crippen molar-refractivity contribution in [1.82, 2.24) is 0 Å². The normalized spacial score (nSPS) is 10.9. The Hall–Kier alpha value is -1.61. The molecule has 146 valence electrons. The minimum absolute atomic E-state index is 0.106. The summed E-state index contributed by atoms with van der Waals surface area (Å²) in [7, 11) is 0. The summed E-state index contributed by atoms with van der Waals surface area (Å²) in [6.07, 6.45) is 9.90. The number of esters is 1. The summed E-state index contributed by atoms with van der Waals surface area (Å²) in [6, 6.07) is 19.9. The molecule has 0 saturated heterocycles. The van der Waals surface area contributed by atoms with Crippen molar-refractivity contribution < 1.29 is 9.53 Å². The predicted octanol–water partition coefficient (Wildman–Crippen LogP) is 7.23. The zero-order valence-corrected chi connectivity index (χ0v) is 17.7. The zero-order chi connectivity index (χ0) is 19.2. The lowest BCUT2D eigenvalue weighted by molar-refractivity contribution is -0.147. The van der Waals surface area contributed by atoms with Gasteiger partial charge < -0.3 is 4.74 Å². The van der Waals surface area contributed by atoms with Gasteiger partial charge in [0.1, 0.15) is 0 Å². The van der Waals surface area contributed by atoms with Crippen molar-refractivity contribution in [3.8, 4) is 0 Å². The van der Waals surface area contributed by atoms with Gasteiger partial charge in [-0.25, -0.2) is 0 Å². The lowest BCUT2D eigenvalue weighted by Crippen LogP contribution is -2.12. The molecular formula is C24H31BrO2. The molecule has 2 aromatic rings. The highest BCUT2D eigenvalue weighted by Crippen LogP contribution is 2.26. The van der Waals surface area contributed by atoms with Crippen LogP contribution in [0.4, 0.5) is 0 Å². The van der Waals surface area contributed by atoms with Crippen LogP contribution in [0.1, 0.15) is 75.0 Å². The standard InChI is InChI=1S/C24H31BrO2/c25-20-14-6-4-2-1-3-5-13-19-23(26)27-24(21-15-9-7-10-16-21)22-17-11-8-12-18-22/h7-12,15-18,24H,1-6,13-14,19-20H2. The SMILES string of the molecule is O=C(CCCCCCCCCCBr)OC(c1ccccc1)c1ccccc1. The zero-order valence-electron chi connectivity index (χ0n) is 16.1. The van der Waals surface area contributed by atoms with E-state index >= 15 is 0 Å². The molecule has 2 aromatic carbocycles. The monoisotopic (exact) mass is 430 g/mol. The highest BCUT2D eigenvalue weighted by molar-refractivity contribution is 9.09. The number of carbonyl (C=O) groups is 1. The van der Waals surface area contributed by atoms with Crippen molar-refractivity contribution in [2.75, 3.05) is 5.33 Å². The number of unbranched alkanes of at least 4 members (excludes halogenated alkanes) is 7. The molecular weight excluding hydrogens is 400 g/mol. The van der Waals surface area contributed by atoms with E-state index in [1.54, 1.807) is 0 Å². The molecule has 0 aliphatic heterocycles. The van der Waals surface area contributed by atoms with Gasteiger partial charge in [-0.05, 0) is 24.0 Å². The highest BCUT2D eigenvalue weighted by atomic mass is 79.9. The second kappa shape index (κ2) is 13.5. The fourth-order valence-electron chi connectivity index (χ4n) is 3.20. The van der Waals surface area contributed by atoms with Crippen LogP contribution in [-0.4, -0.2) is 11.3 Å². The lowest BCUT2D eigenvalue weighted by atomic mass is 10.0. The average molecular weight is 431 g/mol. The molecule has 0 aliphatic rings. The van der Waals surface area contributed by atoms with Crippen LogP contribution >= 0.6 is 15.9 Å². The minimum atomic E-state index is -0.325. The van der Waals surface area contributed by atoms with Crippen LogP contribution in [0.5, 0.6) is 0 Å². The topological polar surface area (TPSA) is 26.3 Å². The van der Waals surface area contributed by atoms with Crippen LogP contribution in [0.3, 0.4) is 0 Å². The van der Waals surface area contributed by atoms with Crippen molar-refractivity contribution in [3.05, 3.63) is 71.8 Å². The minimum Gasteiger partial charge on any atom is -0.453 e. The molecule has 0 aromatic heterocycles. The maximum atomic E-state index is 12.4. The maximum Gasteiger partial charge on any atom is 0.306 e. The molecule has 0 radical (unpaired) electrons. The first-order chi connectivity index (χ1) is 13.3. The molecule has 2 rings (SSSR count). The summed E-state index contributed by atoms with van der Waals surface area (Å²) >= 11 is 3.47. The first-order valence-electron chi connectivity index (χ1n) is 10.2. The van der Waals surface area contributed by atoms with Gasteiger partial charge in [0.05, 0.1) is 0 Å². The fourth-order valence-corrected chi connectivity index (χ4v) is 3.60. The number of carbonyl (C=O) groups excluding carboxylic acids is 1. The van der Waals surface area contributed by atoms with Gasteiger partial charge in [-0.15, -0.1) is 0 Å². The van der Waals surface area contributed by atoms with E-state index in [4.69, 9.17) is 4.74 Å². The number of rotatable bonds is 13. The Bertz CT molecular complexity index is 588. The molecule has 0 amide bonds. The van der Waals surface area contributed by atoms with Crippen LogP contribution in [-0.2, 0) is 9.53 Å². The smallest absolute Gasteiger partial charge is 0.306 e. The van der Waals surface area contributed by atoms with Crippen LogP contribution in [0.15, 0.2) is 60.7 Å². The third-order valence-electron chi connectivity index (χ3n) is 4.72. The van der Waals surface area contributed by atoms with E-state index in [2.05, 4.69) is 15.9 Å². The summed E-state index contributed by atoms with van der Waals surface area (Å²) in [4.78, 5) is 12.4. The first-order valence-corrected chi connectivity index (χ1v) is 11.3. The molecule has 0 saturated carbocycles. The van der Waals surface area contributed by atoms with Gasteiger partial charge in [-0.2, -0.15) is 0 Å². The lowest BCUT2D eigenvalue weighted by Gasteiger charge is -2.19. The molecule has 0 unspecified atom stereocenters. The van der Waals surface area contributed by atoms with E-state index in [9.17, 15) is 4.79 Å². The number of hydrogen-bond acceptors (Lipinski definition) is 2. The largest absolute Gasteiger partial charge is 0.453 e. The molecule has 0 heterocycles. The van der Waals surface area contributed by atoms with E-state index in [1.807, 2.05) is 60.7 Å². The van der Waals surface area contributed by atoms with E-state index < -0.39 is 0 Å². The van der Waals surface area contributed by atoms with Gasteiger partial charge in [0.2, 0.25) is 0 Å². The maximum absolute atomic E-state index is 12.4. The van der Waals surface area contributed by atoms with Gasteiger partial charge in [0, 0.05) is 11.8 Å². The van der Waals surface area contributed by atoms with Gasteiger partial charge in [-0.1, -0.05) is 115 Å². The van der Waals surface area contributed by atoms with Crippen molar-refractivity contribution in [2.24, 2.45) is 0 Å². The Morgan fingerprint density at radius 2 is 1.15 bits per heavy atom. The Balaban J connectivity index is 1.73. The summed E-state index contributed by atoms with van der Waals surface area (Å²) in [6.45, 7) is 0. The number of benzene rings is 2. The number of ether oxygens (including phenoxy) is 1. The Kier molecular flexibility index (Phi) is 10.9. The summed E-state index contributed by atoms with van der Waals surface area (Å²) in [5.41, 5.74) is 2.03. The Morgan fingerprint density at radius 1 is 0.704 bits per heavy atom. The summed E-state index contributed by atoms with van der Waals surface area (Å²) in [5.74, 6) is -0.106. The third kappa shape index (κ3) is 8.75. The Labute approximate surface area is 172 Å². The van der Waals surface area contributed by atoms with Gasteiger partial charge in [0.15, 0.2) is 6.10 Å². The molecule has 0 bridgehead atoms. The summed E-state index contributed by atoms with van der Waals surface area (Å²) in [5, 5.41) is 1.11. The molecule has 0 spiro atoms. The van der Waals surface area contributed by atoms with Crippen LogP contribution in [0, 0.1) is 0 Å². The van der Waals surface area contributed by atoms with E-state index in [0.29, 0.717) is 6.42 Å². The van der Waals surface area contributed by atoms with Crippen molar-refractivity contribution in [1.29, 1.82) is 0 Å². The molecule has 0 aliphatic carbocycles. The van der Waals surface area contributed by atoms with Gasteiger partial charge >= 0.3 is 5.97 Å². The second-order valence-electron chi connectivity index (χ2n) is 6.96. The highest BCUT2D eigenvalue weighted by Gasteiger charge is 2.18. The Morgan fingerprint density at radius 3 is 1.63 bits per heavy atom. The van der Waals surface area contributed by atoms with Crippen LogP contribution < -0.4 is 0 Å². The van der Waals surface area contributed by atoms with Crippen molar-refractivity contribution in [2.45, 2.75) is 63.9 Å². The molecule has 27 heavy (non-hydrogen) atoms. The van der Waals surface area contributed by atoms with Gasteiger partial charge in [-0.3, -0.25) is 4.79 Å². The number of halogens is 1. The quantitative estimate of drug-likeness (QED) is 0.190. The molecule has 2 nitrogen and oxygen atoms in total. The third-order valence-corrected chi connectivity index (χ3v) is 5.28. The van der Waals surface area contributed by atoms with Crippen molar-refractivity contribution >= 4 is 21.9 Å². The molecule has 0 atom stereocenters. The van der Waals surface area contributed by atoms with Gasteiger partial charge in [0.25, 0.3) is 0 Å². The van der Waals surface area contributed by atoms with E-state index in [1.165, 1.54) is 38.5 Å². The molecule has 0 fully saturated rings. The van der Waals surface area contributed by atoms with Crippen molar-refractivity contribution in [3.63, 3.8) is 0 Å². The molecule has 0 N–H and O–H groups in total. The average Bonchev–Trinajstić information content (AvgIpc) is 2.72. The predicted molar refractivity (Wildman–Crippen MR) is 116 cm³/mol. The fraction of sp³-hybridized carbons (Fsp3) is 0.458. The van der Waals surface area contributed by atoms with E-state index in [-0.39, 0.29) is 12.1 Å². The first kappa shape index (κ1) is 21.7. The number of hydrogen-bond donors (Lipinski definition) is 0. The molecule has 3 heteroatoms. The number of alkyl halides is 1. The second-order valence-corrected chi connectivity index (χ2v) is 7.75. The van der Waals surface area contributed by atoms with Crippen LogP contribution in [0.25, 0.3) is 0 Å². The summed E-state index contributed by atoms with van der Waals surface area (Å²) < 4.78 is 5.85.